The third-order valence-electron chi connectivity index (χ3n) is 14.7. The van der Waals surface area contributed by atoms with Crippen LogP contribution in [0, 0.1) is 40.9 Å². The maximum Gasteiger partial charge on any atom is 0.329 e. The topological polar surface area (TPSA) is 205 Å². The molecular weight excluding hydrogens is 833 g/mol. The van der Waals surface area contributed by atoms with Gasteiger partial charge in [-0.05, 0) is 113 Å². The number of carbonyl (C=O) groups is 3. The molecule has 0 aromatic carbocycles. The van der Waals surface area contributed by atoms with Gasteiger partial charge >= 0.3 is 5.97 Å². The van der Waals surface area contributed by atoms with Gasteiger partial charge in [0.15, 0.2) is 0 Å². The number of methoxy groups -OCH3 is 3. The van der Waals surface area contributed by atoms with E-state index in [-0.39, 0.29) is 54.9 Å². The monoisotopic (exact) mass is 915 g/mol. The number of ketones is 1. The van der Waals surface area contributed by atoms with Crippen LogP contribution in [0.5, 0.6) is 0 Å². The number of fused-ring (bicyclic) bond motifs is 3. The van der Waals surface area contributed by atoms with Gasteiger partial charge in [-0.3, -0.25) is 9.59 Å². The highest BCUT2D eigenvalue weighted by molar-refractivity contribution is 6.39. The van der Waals surface area contributed by atoms with Crippen LogP contribution in [-0.2, 0) is 38.1 Å². The quantitative estimate of drug-likeness (QED) is 0.111. The van der Waals surface area contributed by atoms with Crippen LogP contribution in [0.15, 0.2) is 47.6 Å². The van der Waals surface area contributed by atoms with Gasteiger partial charge in [0, 0.05) is 58.3 Å². The van der Waals surface area contributed by atoms with E-state index < -0.39 is 84.1 Å². The summed E-state index contributed by atoms with van der Waals surface area (Å²) >= 11 is 0. The standard InChI is InChI=1S/C51H82N2O12/c1-30-16-12-11-13-17-31(2)42(61-8)28-38-21-19-36(7)51(60,65-38)48(57)49(58)53-23-15-14-18-39(53)50(59)64-43(33(4)26-37-20-22-40(54)44(27-37)62-9)29-41(55)32(3)25-35(6)46(56)47(63-10)45(52)34(5)24-30/h11-13,16-17,25,30,32-34,36-44,46-47,52,54-56,60H,14-15,18-24,26-29H2,1-10H3/b13-11?,16-12+,31-17?,35-25+,52-45?/t30-,32-,33-,34-,36-,37+,38+,39+,40-,41-,42+,43+,44-,46-,47+,51-/m1/s1. The van der Waals surface area contributed by atoms with Crippen molar-refractivity contribution in [3.05, 3.63) is 47.6 Å². The zero-order valence-corrected chi connectivity index (χ0v) is 40.8. The van der Waals surface area contributed by atoms with Gasteiger partial charge < -0.3 is 54.4 Å². The number of carbonyl (C=O) groups excluding carboxylic acids is 3. The Balaban J connectivity index is 1.70. The van der Waals surface area contributed by atoms with Crippen LogP contribution in [0.3, 0.4) is 0 Å². The summed E-state index contributed by atoms with van der Waals surface area (Å²) in [5.74, 6) is -6.61. The van der Waals surface area contributed by atoms with Gasteiger partial charge in [-0.2, -0.15) is 0 Å². The molecule has 0 radical (unpaired) electrons. The van der Waals surface area contributed by atoms with E-state index in [0.717, 1.165) is 12.0 Å². The number of aliphatic hydroxyl groups excluding tert-OH is 3. The maximum atomic E-state index is 14.4. The van der Waals surface area contributed by atoms with Crippen molar-refractivity contribution in [1.29, 1.82) is 5.41 Å². The number of nitrogens with one attached hydrogen (secondary N) is 1. The first-order valence-electron chi connectivity index (χ1n) is 24.1. The number of allylic oxidation sites excluding steroid dienone is 5. The first kappa shape index (κ1) is 54.5. The van der Waals surface area contributed by atoms with Crippen molar-refractivity contribution in [1.82, 2.24) is 4.90 Å². The molecule has 3 heterocycles. The summed E-state index contributed by atoms with van der Waals surface area (Å²) in [5, 5.41) is 54.8. The van der Waals surface area contributed by atoms with E-state index in [0.29, 0.717) is 63.4 Å². The number of ether oxygens (including phenoxy) is 5. The lowest BCUT2D eigenvalue weighted by Crippen LogP contribution is -2.61. The lowest BCUT2D eigenvalue weighted by atomic mass is 9.78. The predicted octanol–water partition coefficient (Wildman–Crippen LogP) is 6.42. The molecule has 0 spiro atoms. The molecule has 1 aliphatic carbocycles. The van der Waals surface area contributed by atoms with E-state index in [4.69, 9.17) is 29.1 Å². The molecule has 4 aliphatic rings. The Labute approximate surface area is 388 Å². The van der Waals surface area contributed by atoms with Crippen LogP contribution in [-0.4, -0.2) is 137 Å². The Kier molecular flexibility index (Phi) is 21.3. The average molecular weight is 915 g/mol. The highest BCUT2D eigenvalue weighted by atomic mass is 16.6. The molecule has 0 aromatic heterocycles. The highest BCUT2D eigenvalue weighted by Gasteiger charge is 2.53. The van der Waals surface area contributed by atoms with Crippen molar-refractivity contribution in [3.63, 3.8) is 0 Å². The molecule has 5 N–H and O–H groups in total. The van der Waals surface area contributed by atoms with Gasteiger partial charge in [-0.25, -0.2) is 4.79 Å². The third kappa shape index (κ3) is 14.5. The van der Waals surface area contributed by atoms with Crippen molar-refractivity contribution in [2.45, 2.75) is 186 Å². The number of rotatable bonds is 6. The largest absolute Gasteiger partial charge is 0.460 e. The maximum absolute atomic E-state index is 14.4. The minimum absolute atomic E-state index is 0.0430. The highest BCUT2D eigenvalue weighted by Crippen LogP contribution is 2.38. The van der Waals surface area contributed by atoms with Crippen molar-refractivity contribution >= 4 is 23.4 Å². The van der Waals surface area contributed by atoms with Crippen LogP contribution in [0.2, 0.25) is 0 Å². The van der Waals surface area contributed by atoms with Gasteiger partial charge in [0.2, 0.25) is 5.79 Å². The lowest BCUT2D eigenvalue weighted by molar-refractivity contribution is -0.265. The number of hydrogen-bond acceptors (Lipinski definition) is 13. The minimum Gasteiger partial charge on any atom is -0.460 e. The Morgan fingerprint density at radius 2 is 1.57 bits per heavy atom. The molecule has 0 unspecified atom stereocenters. The Hall–Kier alpha value is -3.08. The molecule has 368 valence electrons. The SMILES string of the molecule is CO[C@H]1C[C@@H]2CC[C@@H](C)[C@@](O)(O2)C(=O)C(=O)N2CCCC[C@H]2C(=O)O[C@H]([C@H](C)C[C@@H]2CC[C@@H](O)[C@H](OC)C2)C[C@@H](O)[C@H](C)/C=C(\C)[C@@H](O)[C@@H](OC)C(=N)[C@H](C)C[C@H](C)/C=C/C=CC=C1C. The van der Waals surface area contributed by atoms with E-state index >= 15 is 0 Å². The molecule has 1 amide bonds. The fraction of sp³-hybridized carbons (Fsp3) is 0.765. The second-order valence-electron chi connectivity index (χ2n) is 19.8. The lowest BCUT2D eigenvalue weighted by Gasteiger charge is -2.43. The normalized spacial score (nSPS) is 40.2. The number of Topliss-reactive ketones (excluding diaryl/α,β-unsaturated/α-hetero) is 1. The van der Waals surface area contributed by atoms with Gasteiger partial charge in [0.25, 0.3) is 11.7 Å². The Morgan fingerprint density at radius 3 is 2.25 bits per heavy atom. The summed E-state index contributed by atoms with van der Waals surface area (Å²) in [6, 6.07) is -1.10. The Morgan fingerprint density at radius 1 is 0.846 bits per heavy atom. The van der Waals surface area contributed by atoms with Crippen molar-refractivity contribution in [2.75, 3.05) is 27.9 Å². The number of nitrogens with zero attached hydrogens (tertiary/aromatic N) is 1. The van der Waals surface area contributed by atoms with E-state index in [9.17, 15) is 34.8 Å². The summed E-state index contributed by atoms with van der Waals surface area (Å²) < 4.78 is 29.6. The zero-order valence-electron chi connectivity index (χ0n) is 40.8. The molecule has 3 aliphatic heterocycles. The molecule has 14 nitrogen and oxygen atoms in total. The molecule has 3 fully saturated rings. The second-order valence-corrected chi connectivity index (χ2v) is 19.8. The molecule has 65 heavy (non-hydrogen) atoms. The smallest absolute Gasteiger partial charge is 0.329 e. The summed E-state index contributed by atoms with van der Waals surface area (Å²) in [5.41, 5.74) is 1.70. The number of amides is 1. The third-order valence-corrected chi connectivity index (χ3v) is 14.7. The summed E-state index contributed by atoms with van der Waals surface area (Å²) in [6.07, 6.45) is 11.8. The number of esters is 1. The minimum atomic E-state index is -2.41. The number of cyclic esters (lactones) is 1. The molecule has 4 rings (SSSR count). The van der Waals surface area contributed by atoms with Crippen LogP contribution >= 0.6 is 0 Å². The van der Waals surface area contributed by atoms with E-state index in [1.54, 1.807) is 34.1 Å². The number of piperidine rings is 1. The fourth-order valence-corrected chi connectivity index (χ4v) is 10.3. The van der Waals surface area contributed by atoms with Gasteiger partial charge in [0.1, 0.15) is 24.4 Å². The fourth-order valence-electron chi connectivity index (χ4n) is 10.3. The second kappa shape index (κ2) is 25.3. The van der Waals surface area contributed by atoms with Gasteiger partial charge in [-0.1, -0.05) is 71.1 Å². The predicted molar refractivity (Wildman–Crippen MR) is 249 cm³/mol. The van der Waals surface area contributed by atoms with Crippen molar-refractivity contribution in [3.8, 4) is 0 Å². The molecule has 16 atom stereocenters. The molecule has 1 saturated carbocycles. The molecule has 14 heteroatoms. The summed E-state index contributed by atoms with van der Waals surface area (Å²) in [6.45, 7) is 13.3. The van der Waals surface area contributed by atoms with Crippen LogP contribution in [0.1, 0.15) is 126 Å². The van der Waals surface area contributed by atoms with Gasteiger partial charge in [0.05, 0.1) is 30.5 Å². The van der Waals surface area contributed by atoms with Crippen molar-refractivity contribution in [2.24, 2.45) is 35.5 Å². The summed E-state index contributed by atoms with van der Waals surface area (Å²) in [4.78, 5) is 44.1. The molecular formula is C51H82N2O12. The number of hydrogen-bond donors (Lipinski definition) is 5. The van der Waals surface area contributed by atoms with Gasteiger partial charge in [-0.15, -0.1) is 0 Å². The molecule has 2 saturated heterocycles. The number of aliphatic hydroxyl groups is 4. The molecule has 2 bridgehead atoms. The zero-order chi connectivity index (χ0) is 48.2. The first-order valence-corrected chi connectivity index (χ1v) is 24.1. The molecule has 0 aromatic rings. The van der Waals surface area contributed by atoms with Crippen molar-refractivity contribution < 1.29 is 58.5 Å². The van der Waals surface area contributed by atoms with Crippen LogP contribution in [0.4, 0.5) is 0 Å². The first-order chi connectivity index (χ1) is 30.7. The van der Waals surface area contributed by atoms with E-state index in [1.807, 2.05) is 52.0 Å². The van der Waals surface area contributed by atoms with E-state index in [1.165, 1.54) is 12.0 Å². The average Bonchev–Trinajstić information content (AvgIpc) is 3.28. The Bertz CT molecular complexity index is 1710. The summed E-state index contributed by atoms with van der Waals surface area (Å²) in [7, 11) is 4.65. The van der Waals surface area contributed by atoms with E-state index in [2.05, 4.69) is 13.0 Å². The van der Waals surface area contributed by atoms with Crippen LogP contribution in [0.25, 0.3) is 0 Å². The van der Waals surface area contributed by atoms with Crippen LogP contribution < -0.4 is 0 Å².